The highest BCUT2D eigenvalue weighted by Gasteiger charge is 2.14. The summed E-state index contributed by atoms with van der Waals surface area (Å²) in [6.07, 6.45) is 2.53. The third-order valence-corrected chi connectivity index (χ3v) is 2.84. The Morgan fingerprint density at radius 1 is 1.67 bits per heavy atom. The molecule has 6 nitrogen and oxygen atoms in total. The molecule has 1 aromatic heterocycles. The van der Waals surface area contributed by atoms with Crippen LogP contribution in [0.3, 0.4) is 0 Å². The predicted molar refractivity (Wildman–Crippen MR) is 71.5 cm³/mol. The second kappa shape index (κ2) is 6.95. The maximum atomic E-state index is 11.9. The molecule has 98 valence electrons. The van der Waals surface area contributed by atoms with E-state index in [4.69, 9.17) is 10.9 Å². The number of nitrogens with two attached hydrogens (primary N) is 1. The molecule has 4 N–H and O–H groups in total. The van der Waals surface area contributed by atoms with Crippen LogP contribution in [0, 0.1) is 0 Å². The Kier molecular flexibility index (Phi) is 5.57. The lowest BCUT2D eigenvalue weighted by Gasteiger charge is -2.15. The van der Waals surface area contributed by atoms with Crippen molar-refractivity contribution < 1.29 is 10.0 Å². The van der Waals surface area contributed by atoms with Gasteiger partial charge in [-0.25, -0.2) is 4.98 Å². The molecule has 1 rings (SSSR count). The van der Waals surface area contributed by atoms with Gasteiger partial charge in [0.25, 0.3) is 5.91 Å². The zero-order valence-corrected chi connectivity index (χ0v) is 11.5. The van der Waals surface area contributed by atoms with Crippen molar-refractivity contribution in [1.82, 2.24) is 10.3 Å². The summed E-state index contributed by atoms with van der Waals surface area (Å²) in [5.74, 6) is -0.189. The quantitative estimate of drug-likeness (QED) is 0.332. The van der Waals surface area contributed by atoms with E-state index >= 15 is 0 Å². The third kappa shape index (κ3) is 4.33. The second-order valence-electron chi connectivity index (χ2n) is 3.74. The van der Waals surface area contributed by atoms with Crippen LogP contribution < -0.4 is 11.1 Å². The van der Waals surface area contributed by atoms with Crippen LogP contribution >= 0.6 is 15.9 Å². The lowest BCUT2D eigenvalue weighted by molar-refractivity contribution is 0.0932. The summed E-state index contributed by atoms with van der Waals surface area (Å²) >= 11 is 3.25. The number of oxime groups is 1. The first-order valence-corrected chi connectivity index (χ1v) is 6.25. The van der Waals surface area contributed by atoms with Gasteiger partial charge in [0.15, 0.2) is 0 Å². The number of pyridine rings is 1. The molecule has 0 aromatic carbocycles. The molecule has 0 saturated heterocycles. The van der Waals surface area contributed by atoms with Crippen LogP contribution in [0.5, 0.6) is 0 Å². The molecule has 0 bridgehead atoms. The van der Waals surface area contributed by atoms with Crippen LogP contribution in [0.15, 0.2) is 28.0 Å². The van der Waals surface area contributed by atoms with Crippen molar-refractivity contribution in [3.63, 3.8) is 0 Å². The molecule has 1 heterocycles. The van der Waals surface area contributed by atoms with Gasteiger partial charge in [-0.1, -0.05) is 12.1 Å². The van der Waals surface area contributed by atoms with Crippen LogP contribution in [0.2, 0.25) is 0 Å². The molecular formula is C11H15BrN4O2. The monoisotopic (exact) mass is 314 g/mol. The zero-order valence-electron chi connectivity index (χ0n) is 9.93. The van der Waals surface area contributed by atoms with E-state index in [9.17, 15) is 4.79 Å². The van der Waals surface area contributed by atoms with Crippen molar-refractivity contribution in [3.05, 3.63) is 28.5 Å². The molecule has 0 aliphatic rings. The summed E-state index contributed by atoms with van der Waals surface area (Å²) in [5.41, 5.74) is 5.74. The molecule has 0 aliphatic heterocycles. The van der Waals surface area contributed by atoms with Crippen LogP contribution in [0.1, 0.15) is 30.3 Å². The summed E-state index contributed by atoms with van der Waals surface area (Å²) in [6, 6.07) is 3.18. The molecule has 0 fully saturated rings. The molecule has 7 heteroatoms. The normalized spacial score (nSPS) is 13.1. The van der Waals surface area contributed by atoms with Gasteiger partial charge in [-0.15, -0.1) is 0 Å². The molecule has 1 atom stereocenters. The zero-order chi connectivity index (χ0) is 13.5. The minimum absolute atomic E-state index is 0.0888. The highest BCUT2D eigenvalue weighted by atomic mass is 79.9. The Morgan fingerprint density at radius 3 is 2.89 bits per heavy atom. The second-order valence-corrected chi connectivity index (χ2v) is 4.65. The van der Waals surface area contributed by atoms with Crippen molar-refractivity contribution in [2.24, 2.45) is 10.9 Å². The number of amidine groups is 1. The molecule has 1 unspecified atom stereocenters. The van der Waals surface area contributed by atoms with Gasteiger partial charge in [0.05, 0.1) is 0 Å². The Labute approximate surface area is 113 Å². The van der Waals surface area contributed by atoms with Gasteiger partial charge in [0, 0.05) is 23.1 Å². The Balaban J connectivity index is 2.64. The fraction of sp³-hybridized carbons (Fsp3) is 0.364. The van der Waals surface area contributed by atoms with Crippen molar-refractivity contribution in [2.75, 3.05) is 0 Å². The lowest BCUT2D eigenvalue weighted by atomic mass is 10.1. The molecule has 18 heavy (non-hydrogen) atoms. The molecule has 0 aliphatic carbocycles. The molecule has 0 saturated carbocycles. The van der Waals surface area contributed by atoms with E-state index in [1.807, 2.05) is 6.92 Å². The number of nitrogens with zero attached hydrogens (tertiary/aromatic N) is 2. The van der Waals surface area contributed by atoms with Crippen molar-refractivity contribution in [2.45, 2.75) is 25.8 Å². The van der Waals surface area contributed by atoms with Crippen molar-refractivity contribution >= 4 is 27.7 Å². The van der Waals surface area contributed by atoms with Gasteiger partial charge >= 0.3 is 0 Å². The van der Waals surface area contributed by atoms with Crippen LogP contribution in [-0.4, -0.2) is 28.0 Å². The average molecular weight is 315 g/mol. The highest BCUT2D eigenvalue weighted by molar-refractivity contribution is 9.10. The number of amides is 1. The Hall–Kier alpha value is -1.63. The summed E-state index contributed by atoms with van der Waals surface area (Å²) in [4.78, 5) is 15.9. The topological polar surface area (TPSA) is 101 Å². The number of aromatic nitrogens is 1. The first-order valence-electron chi connectivity index (χ1n) is 5.45. The largest absolute Gasteiger partial charge is 0.409 e. The Bertz CT molecular complexity index is 433. The van der Waals surface area contributed by atoms with E-state index in [-0.39, 0.29) is 17.8 Å². The van der Waals surface area contributed by atoms with Gasteiger partial charge in [-0.05, 0) is 34.5 Å². The molecule has 0 spiro atoms. The minimum atomic E-state index is -0.278. The highest BCUT2D eigenvalue weighted by Crippen LogP contribution is 2.08. The first kappa shape index (κ1) is 14.4. The number of rotatable bonds is 5. The number of halogens is 1. The van der Waals surface area contributed by atoms with Gasteiger partial charge in [-0.2, -0.15) is 0 Å². The van der Waals surface area contributed by atoms with Crippen LogP contribution in [0.25, 0.3) is 0 Å². The molecule has 1 amide bonds. The predicted octanol–water partition coefficient (Wildman–Crippen LogP) is 1.49. The number of nitrogens with one attached hydrogen (secondary N) is 1. The van der Waals surface area contributed by atoms with E-state index in [2.05, 4.69) is 31.4 Å². The lowest BCUT2D eigenvalue weighted by Crippen LogP contribution is -2.37. The van der Waals surface area contributed by atoms with Gasteiger partial charge in [0.1, 0.15) is 11.5 Å². The summed E-state index contributed by atoms with van der Waals surface area (Å²) in [6.45, 7) is 1.91. The SMILES string of the molecule is CCC(CC(N)=NO)NC(=O)c1ccc(Br)cn1. The smallest absolute Gasteiger partial charge is 0.270 e. The standard InChI is InChI=1S/C11H15BrN4O2/c1-2-8(5-10(13)16-18)15-11(17)9-4-3-7(12)6-14-9/h3-4,6,8,18H,2,5H2,1H3,(H2,13,16)(H,15,17). The first-order chi connectivity index (χ1) is 8.56. The van der Waals surface area contributed by atoms with Gasteiger partial charge < -0.3 is 16.3 Å². The number of carbonyl (C=O) groups is 1. The summed E-state index contributed by atoms with van der Waals surface area (Å²) in [5, 5.41) is 14.2. The van der Waals surface area contributed by atoms with E-state index in [0.29, 0.717) is 18.5 Å². The van der Waals surface area contributed by atoms with Gasteiger partial charge in [0.2, 0.25) is 0 Å². The van der Waals surface area contributed by atoms with Crippen LogP contribution in [-0.2, 0) is 0 Å². The van der Waals surface area contributed by atoms with E-state index in [1.54, 1.807) is 18.3 Å². The maximum Gasteiger partial charge on any atom is 0.270 e. The van der Waals surface area contributed by atoms with Crippen LogP contribution in [0.4, 0.5) is 0 Å². The van der Waals surface area contributed by atoms with Crippen molar-refractivity contribution in [1.29, 1.82) is 0 Å². The molecular weight excluding hydrogens is 300 g/mol. The fourth-order valence-corrected chi connectivity index (χ4v) is 1.59. The fourth-order valence-electron chi connectivity index (χ4n) is 1.36. The number of hydrogen-bond donors (Lipinski definition) is 3. The average Bonchev–Trinajstić information content (AvgIpc) is 2.38. The minimum Gasteiger partial charge on any atom is -0.409 e. The summed E-state index contributed by atoms with van der Waals surface area (Å²) in [7, 11) is 0. The maximum absolute atomic E-state index is 11.9. The van der Waals surface area contributed by atoms with E-state index < -0.39 is 0 Å². The van der Waals surface area contributed by atoms with Gasteiger partial charge in [-0.3, -0.25) is 4.79 Å². The van der Waals surface area contributed by atoms with E-state index in [1.165, 1.54) is 0 Å². The number of carbonyl (C=O) groups excluding carboxylic acids is 1. The van der Waals surface area contributed by atoms with E-state index in [0.717, 1.165) is 4.47 Å². The van der Waals surface area contributed by atoms with Crippen molar-refractivity contribution in [3.8, 4) is 0 Å². The molecule has 1 aromatic rings. The Morgan fingerprint density at radius 2 is 2.39 bits per heavy atom. The summed E-state index contributed by atoms with van der Waals surface area (Å²) < 4.78 is 0.808. The third-order valence-electron chi connectivity index (χ3n) is 2.37. The molecule has 0 radical (unpaired) electrons. The number of hydrogen-bond acceptors (Lipinski definition) is 4.